The second kappa shape index (κ2) is 4.40. The van der Waals surface area contributed by atoms with Gasteiger partial charge in [0.05, 0.1) is 23.3 Å². The largest absolute Gasteiger partial charge is 0.388 e. The maximum absolute atomic E-state index is 14.0. The molecule has 4 atom stereocenters. The van der Waals surface area contributed by atoms with Crippen LogP contribution in [0, 0.1) is 17.2 Å². The Hall–Kier alpha value is -1.34. The SMILES string of the molecule is CC1C(N2CC[C@](C)(O)[C@@H]2C)=CC=C(C#N)C1F. The topological polar surface area (TPSA) is 47.3 Å². The Morgan fingerprint density at radius 2 is 2.17 bits per heavy atom. The summed E-state index contributed by atoms with van der Waals surface area (Å²) < 4.78 is 14.0. The number of hydrogen-bond donors (Lipinski definition) is 1. The highest BCUT2D eigenvalue weighted by Crippen LogP contribution is 2.37. The lowest BCUT2D eigenvalue weighted by molar-refractivity contribution is 0.0318. The summed E-state index contributed by atoms with van der Waals surface area (Å²) in [6, 6.07) is 1.86. The molecule has 0 bridgehead atoms. The van der Waals surface area contributed by atoms with Crippen molar-refractivity contribution in [3.63, 3.8) is 0 Å². The van der Waals surface area contributed by atoms with E-state index in [-0.39, 0.29) is 17.5 Å². The Labute approximate surface area is 107 Å². The Morgan fingerprint density at radius 3 is 2.67 bits per heavy atom. The summed E-state index contributed by atoms with van der Waals surface area (Å²) in [5, 5.41) is 19.0. The van der Waals surface area contributed by atoms with E-state index in [1.54, 1.807) is 13.0 Å². The van der Waals surface area contributed by atoms with Gasteiger partial charge in [-0.3, -0.25) is 0 Å². The van der Waals surface area contributed by atoms with Gasteiger partial charge in [-0.25, -0.2) is 4.39 Å². The molecule has 0 aromatic heterocycles. The second-order valence-corrected chi connectivity index (χ2v) is 5.49. The Morgan fingerprint density at radius 1 is 1.50 bits per heavy atom. The molecule has 0 aromatic carbocycles. The summed E-state index contributed by atoms with van der Waals surface area (Å²) in [6.07, 6.45) is 2.81. The monoisotopic (exact) mass is 250 g/mol. The highest BCUT2D eigenvalue weighted by Gasteiger charge is 2.42. The number of likely N-dealkylation sites (tertiary alicyclic amines) is 1. The summed E-state index contributed by atoms with van der Waals surface area (Å²) >= 11 is 0. The predicted octanol–water partition coefficient (Wildman–Crippen LogP) is 2.15. The minimum atomic E-state index is -1.24. The van der Waals surface area contributed by atoms with Crippen molar-refractivity contribution in [1.82, 2.24) is 4.90 Å². The molecule has 0 amide bonds. The molecule has 18 heavy (non-hydrogen) atoms. The van der Waals surface area contributed by atoms with Gasteiger partial charge in [0.15, 0.2) is 0 Å². The van der Waals surface area contributed by atoms with E-state index in [4.69, 9.17) is 5.26 Å². The van der Waals surface area contributed by atoms with Crippen LogP contribution in [-0.4, -0.2) is 34.4 Å². The van der Waals surface area contributed by atoms with Gasteiger partial charge in [-0.15, -0.1) is 0 Å². The first-order valence-corrected chi connectivity index (χ1v) is 6.33. The first kappa shape index (κ1) is 13.1. The molecule has 4 heteroatoms. The zero-order valence-corrected chi connectivity index (χ0v) is 11.0. The van der Waals surface area contributed by atoms with Crippen LogP contribution in [0.1, 0.15) is 27.2 Å². The summed E-state index contributed by atoms with van der Waals surface area (Å²) in [7, 11) is 0. The summed E-state index contributed by atoms with van der Waals surface area (Å²) in [5.74, 6) is -0.332. The zero-order chi connectivity index (χ0) is 13.5. The van der Waals surface area contributed by atoms with E-state index in [0.29, 0.717) is 6.42 Å². The van der Waals surface area contributed by atoms with Crippen LogP contribution in [0.5, 0.6) is 0 Å². The van der Waals surface area contributed by atoms with Crippen LogP contribution in [0.25, 0.3) is 0 Å². The van der Waals surface area contributed by atoms with Gasteiger partial charge in [0, 0.05) is 18.2 Å². The number of nitrogens with zero attached hydrogens (tertiary/aromatic N) is 2. The van der Waals surface area contributed by atoms with Crippen molar-refractivity contribution in [2.45, 2.75) is 45.0 Å². The van der Waals surface area contributed by atoms with Crippen molar-refractivity contribution >= 4 is 0 Å². The van der Waals surface area contributed by atoms with Crippen LogP contribution in [0.15, 0.2) is 23.4 Å². The van der Waals surface area contributed by atoms with Crippen molar-refractivity contribution in [1.29, 1.82) is 5.26 Å². The molecule has 1 N–H and O–H groups in total. The van der Waals surface area contributed by atoms with Crippen LogP contribution in [0.2, 0.25) is 0 Å². The average molecular weight is 250 g/mol. The lowest BCUT2D eigenvalue weighted by atomic mass is 9.89. The molecule has 0 aromatic rings. The van der Waals surface area contributed by atoms with Crippen LogP contribution in [-0.2, 0) is 0 Å². The lowest BCUT2D eigenvalue weighted by Crippen LogP contribution is -2.42. The van der Waals surface area contributed by atoms with Gasteiger partial charge in [-0.1, -0.05) is 6.92 Å². The molecule has 0 radical (unpaired) electrons. The Kier molecular flexibility index (Phi) is 3.20. The molecule has 1 saturated heterocycles. The molecule has 3 nitrogen and oxygen atoms in total. The predicted molar refractivity (Wildman–Crippen MR) is 67.2 cm³/mol. The number of allylic oxidation sites excluding steroid dienone is 4. The van der Waals surface area contributed by atoms with Crippen molar-refractivity contribution in [2.24, 2.45) is 5.92 Å². The summed E-state index contributed by atoms with van der Waals surface area (Å²) in [4.78, 5) is 2.06. The fourth-order valence-corrected chi connectivity index (χ4v) is 2.73. The molecule has 1 heterocycles. The van der Waals surface area contributed by atoms with Gasteiger partial charge in [0.25, 0.3) is 0 Å². The fraction of sp³-hybridized carbons (Fsp3) is 0.643. The van der Waals surface area contributed by atoms with Crippen molar-refractivity contribution in [2.75, 3.05) is 6.54 Å². The molecule has 2 rings (SSSR count). The summed E-state index contributed by atoms with van der Waals surface area (Å²) in [6.45, 7) is 6.29. The molecular formula is C14H19FN2O. The van der Waals surface area contributed by atoms with E-state index in [0.717, 1.165) is 12.2 Å². The molecule has 1 fully saturated rings. The van der Waals surface area contributed by atoms with E-state index in [1.165, 1.54) is 0 Å². The van der Waals surface area contributed by atoms with Crippen molar-refractivity contribution < 1.29 is 9.50 Å². The number of halogens is 1. The van der Waals surface area contributed by atoms with E-state index < -0.39 is 11.8 Å². The van der Waals surface area contributed by atoms with Gasteiger partial charge < -0.3 is 10.0 Å². The highest BCUT2D eigenvalue weighted by molar-refractivity contribution is 5.38. The normalized spacial score (nSPS) is 40.2. The minimum Gasteiger partial charge on any atom is -0.388 e. The average Bonchev–Trinajstić information content (AvgIpc) is 2.59. The summed E-state index contributed by atoms with van der Waals surface area (Å²) in [5.41, 5.74) is 0.336. The first-order valence-electron chi connectivity index (χ1n) is 6.33. The molecule has 1 aliphatic heterocycles. The fourth-order valence-electron chi connectivity index (χ4n) is 2.73. The van der Waals surface area contributed by atoms with E-state index >= 15 is 0 Å². The second-order valence-electron chi connectivity index (χ2n) is 5.49. The molecule has 1 aliphatic carbocycles. The standard InChI is InChI=1S/C14H19FN2O/c1-9-12(5-4-11(8-16)13(9)15)17-7-6-14(3,18)10(17)2/h4-5,9-10,13,18H,6-7H2,1-3H3/t9?,10-,13?,14-/m0/s1. The highest BCUT2D eigenvalue weighted by atomic mass is 19.1. The van der Waals surface area contributed by atoms with Crippen LogP contribution in [0.4, 0.5) is 4.39 Å². The number of rotatable bonds is 1. The third kappa shape index (κ3) is 1.93. The van der Waals surface area contributed by atoms with Crippen molar-refractivity contribution in [3.05, 3.63) is 23.4 Å². The number of aliphatic hydroxyl groups is 1. The Bertz CT molecular complexity index is 447. The van der Waals surface area contributed by atoms with E-state index in [9.17, 15) is 9.50 Å². The molecule has 2 aliphatic rings. The van der Waals surface area contributed by atoms with Gasteiger partial charge >= 0.3 is 0 Å². The molecular weight excluding hydrogens is 231 g/mol. The van der Waals surface area contributed by atoms with Crippen molar-refractivity contribution in [3.8, 4) is 6.07 Å². The molecule has 2 unspecified atom stereocenters. The van der Waals surface area contributed by atoms with Gasteiger partial charge in [-0.2, -0.15) is 5.26 Å². The number of nitriles is 1. The Balaban J connectivity index is 2.28. The van der Waals surface area contributed by atoms with Gasteiger partial charge in [0.2, 0.25) is 0 Å². The molecule has 0 spiro atoms. The van der Waals surface area contributed by atoms with E-state index in [1.807, 2.05) is 26.0 Å². The maximum Gasteiger partial charge on any atom is 0.143 e. The molecule has 98 valence electrons. The van der Waals surface area contributed by atoms with E-state index in [2.05, 4.69) is 4.90 Å². The maximum atomic E-state index is 14.0. The van der Waals surface area contributed by atoms with Gasteiger partial charge in [0.1, 0.15) is 6.17 Å². The van der Waals surface area contributed by atoms with Gasteiger partial charge in [-0.05, 0) is 32.4 Å². The quantitative estimate of drug-likeness (QED) is 0.775. The van der Waals surface area contributed by atoms with Crippen LogP contribution >= 0.6 is 0 Å². The number of hydrogen-bond acceptors (Lipinski definition) is 3. The number of alkyl halides is 1. The third-order valence-corrected chi connectivity index (χ3v) is 4.32. The third-order valence-electron chi connectivity index (χ3n) is 4.32. The minimum absolute atomic E-state index is 0.0320. The lowest BCUT2D eigenvalue weighted by Gasteiger charge is -2.36. The zero-order valence-electron chi connectivity index (χ0n) is 11.0. The smallest absolute Gasteiger partial charge is 0.143 e. The molecule has 0 saturated carbocycles. The van der Waals surface area contributed by atoms with Crippen LogP contribution < -0.4 is 0 Å². The first-order chi connectivity index (χ1) is 8.38. The van der Waals surface area contributed by atoms with Crippen LogP contribution in [0.3, 0.4) is 0 Å².